The molecule has 18 heavy (non-hydrogen) atoms. The molecule has 0 bridgehead atoms. The molecule has 1 fully saturated rings. The van der Waals surface area contributed by atoms with E-state index in [1.807, 2.05) is 29.2 Å². The first-order valence-electron chi connectivity index (χ1n) is 5.79. The summed E-state index contributed by atoms with van der Waals surface area (Å²) in [5.41, 5.74) is 0.207. The molecule has 1 aliphatic heterocycles. The van der Waals surface area contributed by atoms with Crippen molar-refractivity contribution >= 4 is 15.9 Å². The summed E-state index contributed by atoms with van der Waals surface area (Å²) in [6.45, 7) is 1.95. The predicted molar refractivity (Wildman–Crippen MR) is 70.8 cm³/mol. The van der Waals surface area contributed by atoms with E-state index in [9.17, 15) is 10.4 Å². The van der Waals surface area contributed by atoms with Gasteiger partial charge >= 0.3 is 0 Å². The largest absolute Gasteiger partial charge is 0.393 e. The molecule has 96 valence electrons. The number of hydrogen-bond acceptors (Lipinski definition) is 4. The molecule has 0 aromatic heterocycles. The van der Waals surface area contributed by atoms with E-state index < -0.39 is 5.54 Å². The Balaban J connectivity index is 2.15. The molecular weight excluding hydrogens is 296 g/mol. The van der Waals surface area contributed by atoms with Gasteiger partial charge in [-0.3, -0.25) is 4.90 Å². The van der Waals surface area contributed by atoms with E-state index in [-0.39, 0.29) is 13.2 Å². The van der Waals surface area contributed by atoms with Crippen LogP contribution in [0.5, 0.6) is 0 Å². The first-order chi connectivity index (χ1) is 8.70. The lowest BCUT2D eigenvalue weighted by Crippen LogP contribution is -2.57. The number of nitrogens with zero attached hydrogens (tertiary/aromatic N) is 2. The molecule has 0 amide bonds. The molecule has 1 atom stereocenters. The number of aliphatic hydroxyl groups excluding tert-OH is 1. The third kappa shape index (κ3) is 2.73. The van der Waals surface area contributed by atoms with E-state index in [0.29, 0.717) is 19.7 Å². The zero-order valence-electron chi connectivity index (χ0n) is 9.97. The molecule has 0 radical (unpaired) electrons. The summed E-state index contributed by atoms with van der Waals surface area (Å²) < 4.78 is 6.35. The molecule has 0 spiro atoms. The first-order valence-corrected chi connectivity index (χ1v) is 6.59. The Morgan fingerprint density at radius 2 is 2.17 bits per heavy atom. The van der Waals surface area contributed by atoms with Crippen molar-refractivity contribution in [2.45, 2.75) is 12.1 Å². The number of morpholine rings is 1. The van der Waals surface area contributed by atoms with Gasteiger partial charge in [-0.1, -0.05) is 28.1 Å². The Morgan fingerprint density at radius 3 is 2.78 bits per heavy atom. The summed E-state index contributed by atoms with van der Waals surface area (Å²) in [7, 11) is 0. The van der Waals surface area contributed by atoms with Gasteiger partial charge in [-0.2, -0.15) is 5.26 Å². The average Bonchev–Trinajstić information content (AvgIpc) is 2.42. The van der Waals surface area contributed by atoms with E-state index in [1.165, 1.54) is 0 Å². The summed E-state index contributed by atoms with van der Waals surface area (Å²) in [6, 6.07) is 10.2. The lowest BCUT2D eigenvalue weighted by molar-refractivity contribution is -0.0671. The van der Waals surface area contributed by atoms with Crippen molar-refractivity contribution in [1.82, 2.24) is 4.90 Å². The van der Waals surface area contributed by atoms with Crippen molar-refractivity contribution < 1.29 is 9.84 Å². The van der Waals surface area contributed by atoms with E-state index >= 15 is 0 Å². The Morgan fingerprint density at radius 1 is 1.44 bits per heavy atom. The summed E-state index contributed by atoms with van der Waals surface area (Å²) in [4.78, 5) is 1.99. The van der Waals surface area contributed by atoms with Gasteiger partial charge < -0.3 is 9.84 Å². The molecule has 1 heterocycles. The van der Waals surface area contributed by atoms with Gasteiger partial charge in [0.1, 0.15) is 0 Å². The first kappa shape index (κ1) is 13.5. The van der Waals surface area contributed by atoms with E-state index in [4.69, 9.17) is 4.74 Å². The van der Waals surface area contributed by atoms with Crippen LogP contribution in [0, 0.1) is 11.3 Å². The molecule has 2 rings (SSSR count). The molecule has 5 heteroatoms. The van der Waals surface area contributed by atoms with Crippen LogP contribution in [0.4, 0.5) is 0 Å². The predicted octanol–water partition coefficient (Wildman–Crippen LogP) is 1.54. The summed E-state index contributed by atoms with van der Waals surface area (Å²) in [6.07, 6.45) is 0. The molecule has 1 N–H and O–H groups in total. The van der Waals surface area contributed by atoms with Gasteiger partial charge in [-0.05, 0) is 17.7 Å². The molecule has 1 aromatic rings. The second-order valence-electron chi connectivity index (χ2n) is 4.40. The van der Waals surface area contributed by atoms with Gasteiger partial charge in [0.15, 0.2) is 5.54 Å². The van der Waals surface area contributed by atoms with Crippen LogP contribution >= 0.6 is 15.9 Å². The maximum Gasteiger partial charge on any atom is 0.156 e. The second-order valence-corrected chi connectivity index (χ2v) is 5.32. The molecule has 4 nitrogen and oxygen atoms in total. The topological polar surface area (TPSA) is 56.5 Å². The van der Waals surface area contributed by atoms with Crippen molar-refractivity contribution in [3.8, 4) is 6.07 Å². The Bertz CT molecular complexity index is 443. The number of halogens is 1. The fourth-order valence-corrected chi connectivity index (χ4v) is 2.31. The van der Waals surface area contributed by atoms with Crippen LogP contribution in [0.15, 0.2) is 28.7 Å². The number of hydrogen-bond donors (Lipinski definition) is 1. The monoisotopic (exact) mass is 310 g/mol. The average molecular weight is 311 g/mol. The minimum absolute atomic E-state index is 0.208. The highest BCUT2D eigenvalue weighted by atomic mass is 79.9. The standard InChI is InChI=1S/C13H15BrN2O2/c14-12-3-1-11(2-4-12)7-16-5-6-18-10-13(16,8-15)9-17/h1-4,17H,5-7,9-10H2. The van der Waals surface area contributed by atoms with Gasteiger partial charge in [-0.15, -0.1) is 0 Å². The summed E-state index contributed by atoms with van der Waals surface area (Å²) in [5.74, 6) is 0. The van der Waals surface area contributed by atoms with Crippen LogP contribution in [0.2, 0.25) is 0 Å². The summed E-state index contributed by atoms with van der Waals surface area (Å²) >= 11 is 3.39. The normalized spacial score (nSPS) is 24.7. The number of rotatable bonds is 3. The molecule has 0 aliphatic carbocycles. The van der Waals surface area contributed by atoms with Crippen LogP contribution in [-0.4, -0.2) is 41.9 Å². The lowest BCUT2D eigenvalue weighted by atomic mass is 9.99. The van der Waals surface area contributed by atoms with Gasteiger partial charge in [-0.25, -0.2) is 0 Å². The Hall–Kier alpha value is -0.930. The van der Waals surface area contributed by atoms with Crippen LogP contribution in [-0.2, 0) is 11.3 Å². The van der Waals surface area contributed by atoms with Crippen molar-refractivity contribution in [2.24, 2.45) is 0 Å². The lowest BCUT2D eigenvalue weighted by Gasteiger charge is -2.40. The van der Waals surface area contributed by atoms with Gasteiger partial charge in [0.25, 0.3) is 0 Å². The highest BCUT2D eigenvalue weighted by molar-refractivity contribution is 9.10. The Labute approximate surface area is 115 Å². The molecule has 1 aliphatic rings. The molecular formula is C13H15BrN2O2. The maximum atomic E-state index is 9.48. The van der Waals surface area contributed by atoms with Crippen molar-refractivity contribution in [2.75, 3.05) is 26.4 Å². The fourth-order valence-electron chi connectivity index (χ4n) is 2.05. The number of aliphatic hydroxyl groups is 1. The highest BCUT2D eigenvalue weighted by Crippen LogP contribution is 2.22. The van der Waals surface area contributed by atoms with E-state index in [1.54, 1.807) is 0 Å². The third-order valence-corrected chi connectivity index (χ3v) is 3.74. The maximum absolute atomic E-state index is 9.48. The molecule has 1 aromatic carbocycles. The van der Waals surface area contributed by atoms with Gasteiger partial charge in [0.2, 0.25) is 0 Å². The van der Waals surface area contributed by atoms with Crippen molar-refractivity contribution in [3.63, 3.8) is 0 Å². The SMILES string of the molecule is N#CC1(CO)COCCN1Cc1ccc(Br)cc1. The molecule has 0 saturated carbocycles. The number of ether oxygens (including phenoxy) is 1. The van der Waals surface area contributed by atoms with Crippen molar-refractivity contribution in [1.29, 1.82) is 5.26 Å². The van der Waals surface area contributed by atoms with Crippen LogP contribution in [0.25, 0.3) is 0 Å². The van der Waals surface area contributed by atoms with Crippen LogP contribution in [0.3, 0.4) is 0 Å². The number of benzene rings is 1. The van der Waals surface area contributed by atoms with Crippen molar-refractivity contribution in [3.05, 3.63) is 34.3 Å². The van der Waals surface area contributed by atoms with Crippen LogP contribution in [0.1, 0.15) is 5.56 Å². The second kappa shape index (κ2) is 5.81. The van der Waals surface area contributed by atoms with E-state index in [0.717, 1.165) is 10.0 Å². The van der Waals surface area contributed by atoms with E-state index in [2.05, 4.69) is 22.0 Å². The fraction of sp³-hybridized carbons (Fsp3) is 0.462. The summed E-state index contributed by atoms with van der Waals surface area (Å²) in [5, 5.41) is 18.8. The molecule has 1 unspecified atom stereocenters. The third-order valence-electron chi connectivity index (χ3n) is 3.21. The smallest absolute Gasteiger partial charge is 0.156 e. The highest BCUT2D eigenvalue weighted by Gasteiger charge is 2.39. The minimum Gasteiger partial charge on any atom is -0.393 e. The zero-order chi connectivity index (χ0) is 13.0. The van der Waals surface area contributed by atoms with Crippen LogP contribution < -0.4 is 0 Å². The van der Waals surface area contributed by atoms with Gasteiger partial charge in [0, 0.05) is 17.6 Å². The van der Waals surface area contributed by atoms with Gasteiger partial charge in [0.05, 0.1) is 25.9 Å². The molecule has 1 saturated heterocycles. The quantitative estimate of drug-likeness (QED) is 0.920. The minimum atomic E-state index is -0.911. The zero-order valence-corrected chi connectivity index (χ0v) is 11.6. The Kier molecular flexibility index (Phi) is 4.36. The number of nitriles is 1.